The van der Waals surface area contributed by atoms with E-state index in [1.165, 1.54) is 29.8 Å². The molecule has 15 N–H and O–H groups in total. The summed E-state index contributed by atoms with van der Waals surface area (Å²) in [5.74, 6) is -6.55. The average molecular weight is 1150 g/mol. The van der Waals surface area contributed by atoms with E-state index in [-0.39, 0.29) is 19.1 Å². The number of carboxylic acid groups (broad SMARTS) is 2. The quantitative estimate of drug-likeness (QED) is 0.0163. The minimum atomic E-state index is -1.68. The Kier molecular flexibility index (Phi) is 34.9. The highest BCUT2D eigenvalue weighted by Gasteiger charge is 2.46. The maximum atomic E-state index is 13.3. The molecule has 0 saturated heterocycles. The monoisotopic (exact) mass is 1150 g/mol. The van der Waals surface area contributed by atoms with Crippen molar-refractivity contribution >= 4 is 41.8 Å². The van der Waals surface area contributed by atoms with Gasteiger partial charge in [-0.05, 0) is 44.4 Å². The molecular formula is C50H90N10O20. The second kappa shape index (κ2) is 39.7. The van der Waals surface area contributed by atoms with Crippen molar-refractivity contribution in [1.82, 2.24) is 20.0 Å². The number of nitrogens with one attached hydrogen (secondary N) is 1. The molecule has 2 heterocycles. The zero-order valence-corrected chi connectivity index (χ0v) is 46.8. The molecule has 80 heavy (non-hydrogen) atoms. The molecule has 0 spiro atoms. The van der Waals surface area contributed by atoms with Gasteiger partial charge in [-0.2, -0.15) is 0 Å². The van der Waals surface area contributed by atoms with Crippen molar-refractivity contribution in [2.45, 2.75) is 114 Å². The molecular weight excluding hydrogens is 1060 g/mol. The van der Waals surface area contributed by atoms with Gasteiger partial charge in [0.05, 0.1) is 84.2 Å². The van der Waals surface area contributed by atoms with Crippen LogP contribution in [0.5, 0.6) is 0 Å². The largest absolute Gasteiger partial charge is 0.479 e. The normalized spacial score (nSPS) is 20.4. The first kappa shape index (κ1) is 70.4. The van der Waals surface area contributed by atoms with Crippen molar-refractivity contribution in [3.8, 4) is 0 Å². The molecule has 30 heteroatoms. The number of ether oxygens (including phenoxy) is 9. The maximum Gasteiger partial charge on any atom is 0.410 e. The summed E-state index contributed by atoms with van der Waals surface area (Å²) in [6.45, 7) is 9.32. The van der Waals surface area contributed by atoms with Crippen LogP contribution in [-0.2, 0) is 61.8 Å². The molecule has 0 aromatic carbocycles. The number of rotatable bonds is 43. The van der Waals surface area contributed by atoms with Crippen LogP contribution >= 0.6 is 0 Å². The molecule has 0 aromatic rings. The molecule has 460 valence electrons. The van der Waals surface area contributed by atoms with E-state index in [2.05, 4.69) is 20.2 Å². The molecule has 10 atom stereocenters. The summed E-state index contributed by atoms with van der Waals surface area (Å²) < 4.78 is 50.9. The summed E-state index contributed by atoms with van der Waals surface area (Å²) in [6.07, 6.45) is -2.99. The summed E-state index contributed by atoms with van der Waals surface area (Å²) in [5.41, 5.74) is 22.3. The fraction of sp³-hybridized carbons (Fsp3) is 0.780. The fourth-order valence-corrected chi connectivity index (χ4v) is 8.27. The Bertz CT molecular complexity index is 1960. The number of nitrogens with two attached hydrogens (primary N) is 4. The lowest BCUT2D eigenvalue weighted by Crippen LogP contribution is -2.60. The molecule has 0 saturated carbocycles. The lowest BCUT2D eigenvalue weighted by atomic mass is 9.87. The number of aliphatic carboxylic acids is 2. The molecule has 0 fully saturated rings. The predicted molar refractivity (Wildman–Crippen MR) is 288 cm³/mol. The minimum absolute atomic E-state index is 0.0722. The Labute approximate surface area is 467 Å². The van der Waals surface area contributed by atoms with Crippen molar-refractivity contribution in [3.63, 3.8) is 0 Å². The van der Waals surface area contributed by atoms with Crippen molar-refractivity contribution < 1.29 is 97.2 Å². The van der Waals surface area contributed by atoms with Gasteiger partial charge in [-0.3, -0.25) is 9.59 Å². The molecule has 0 aliphatic carbocycles. The van der Waals surface area contributed by atoms with E-state index in [9.17, 15) is 54.6 Å². The molecule has 0 unspecified atom stereocenters. The van der Waals surface area contributed by atoms with Crippen LogP contribution in [0.25, 0.3) is 0 Å². The number of hydrogen-bond acceptors (Lipinski definition) is 21. The van der Waals surface area contributed by atoms with E-state index in [1.807, 2.05) is 6.92 Å². The van der Waals surface area contributed by atoms with Gasteiger partial charge in [0.25, 0.3) is 0 Å². The van der Waals surface area contributed by atoms with Gasteiger partial charge in [-0.25, -0.2) is 24.4 Å². The van der Waals surface area contributed by atoms with Gasteiger partial charge in [0.1, 0.15) is 31.0 Å². The number of aliphatic imine (C=N–C) groups is 2. The van der Waals surface area contributed by atoms with Crippen molar-refractivity contribution in [2.24, 2.45) is 38.8 Å². The lowest BCUT2D eigenvalue weighted by molar-refractivity contribution is -0.162. The van der Waals surface area contributed by atoms with Crippen molar-refractivity contribution in [3.05, 3.63) is 23.7 Å². The highest BCUT2D eigenvalue weighted by atomic mass is 16.6. The summed E-state index contributed by atoms with van der Waals surface area (Å²) in [5, 5.41) is 63.2. The van der Waals surface area contributed by atoms with E-state index >= 15 is 0 Å². The second-order valence-corrected chi connectivity index (χ2v) is 19.0. The molecule has 0 bridgehead atoms. The van der Waals surface area contributed by atoms with Gasteiger partial charge in [-0.15, -0.1) is 0 Å². The van der Waals surface area contributed by atoms with Crippen LogP contribution in [0.1, 0.15) is 59.3 Å². The van der Waals surface area contributed by atoms with Crippen LogP contribution in [0.2, 0.25) is 0 Å². The number of carbonyl (C=O) groups is 5. The Morgan fingerprint density at radius 3 is 1.68 bits per heavy atom. The molecule has 0 radical (unpaired) electrons. The maximum absolute atomic E-state index is 13.3. The molecule has 3 amide bonds. The number of guanidine groups is 2. The van der Waals surface area contributed by atoms with Gasteiger partial charge in [0.2, 0.25) is 23.3 Å². The van der Waals surface area contributed by atoms with Crippen LogP contribution in [0, 0.1) is 5.92 Å². The first-order chi connectivity index (χ1) is 38.1. The molecule has 30 nitrogen and oxygen atoms in total. The van der Waals surface area contributed by atoms with E-state index in [1.54, 1.807) is 14.0 Å². The number of carbonyl (C=O) groups excluding carboxylic acids is 3. The average Bonchev–Trinajstić information content (AvgIpc) is 3.43. The van der Waals surface area contributed by atoms with E-state index in [0.717, 1.165) is 38.2 Å². The van der Waals surface area contributed by atoms with Gasteiger partial charge < -0.3 is 116 Å². The Morgan fingerprint density at radius 2 is 1.12 bits per heavy atom. The fourth-order valence-electron chi connectivity index (χ4n) is 8.27. The molecule has 2 aliphatic rings. The summed E-state index contributed by atoms with van der Waals surface area (Å²) in [6, 6.07) is -3.23. The first-order valence-electron chi connectivity index (χ1n) is 26.8. The molecule has 2 aliphatic heterocycles. The van der Waals surface area contributed by atoms with Gasteiger partial charge in [-0.1, -0.05) is 26.7 Å². The Balaban J connectivity index is 1.96. The van der Waals surface area contributed by atoms with Gasteiger partial charge in [0, 0.05) is 66.3 Å². The van der Waals surface area contributed by atoms with Crippen LogP contribution < -0.4 is 28.3 Å². The minimum Gasteiger partial charge on any atom is -0.479 e. The van der Waals surface area contributed by atoms with Crippen molar-refractivity contribution in [1.29, 1.82) is 0 Å². The van der Waals surface area contributed by atoms with E-state index in [4.69, 9.17) is 65.6 Å². The lowest BCUT2D eigenvalue weighted by Gasteiger charge is -2.40. The number of aliphatic hydroxyl groups excluding tert-OH is 4. The highest BCUT2D eigenvalue weighted by molar-refractivity contribution is 5.86. The third-order valence-electron chi connectivity index (χ3n) is 12.6. The van der Waals surface area contributed by atoms with Crippen molar-refractivity contribution in [2.75, 3.05) is 133 Å². The first-order valence-corrected chi connectivity index (χ1v) is 26.8. The SMILES string of the molecule is CCCOCCOCCOCCOCCCN(CCCCCCN(C)C(=O)CO[C@@H]([C@@H]1OC(C(=O)O)=C[C@H](N=C(N)N)[C@H]1NC(C)=O)[C@H](O)CO)CCOCCN(C)C(=O)O[C@@H]([C@@H]1OC(C(=O)O)=C[C@H](N=C(N)N)[C@H]1C)[C@H](O)CO. The number of amides is 3. The number of nitrogens with zero attached hydrogens (tertiary/aromatic N) is 5. The van der Waals surface area contributed by atoms with Crippen LogP contribution in [0.4, 0.5) is 4.79 Å². The van der Waals surface area contributed by atoms with Gasteiger partial charge in [0.15, 0.2) is 24.1 Å². The Morgan fingerprint density at radius 1 is 0.637 bits per heavy atom. The smallest absolute Gasteiger partial charge is 0.410 e. The predicted octanol–water partition coefficient (Wildman–Crippen LogP) is -3.12. The van der Waals surface area contributed by atoms with Crippen LogP contribution in [0.3, 0.4) is 0 Å². The van der Waals surface area contributed by atoms with E-state index in [0.29, 0.717) is 92.1 Å². The number of aliphatic hydroxyl groups is 4. The van der Waals surface area contributed by atoms with Crippen LogP contribution in [-0.4, -0.2) is 275 Å². The number of unbranched alkanes of at least 4 members (excludes halogenated alkanes) is 3. The Hall–Kier alpha value is -5.67. The molecule has 2 rings (SSSR count). The third kappa shape index (κ3) is 27.2. The topological polar surface area (TPSA) is 440 Å². The number of likely N-dealkylation sites (N-methyl/N-ethyl adjacent to an activating group) is 2. The third-order valence-corrected chi connectivity index (χ3v) is 12.6. The zero-order chi connectivity index (χ0) is 59.6. The summed E-state index contributed by atoms with van der Waals surface area (Å²) in [4.78, 5) is 75.5. The second-order valence-electron chi connectivity index (χ2n) is 19.0. The van der Waals surface area contributed by atoms with Crippen LogP contribution in [0.15, 0.2) is 33.7 Å². The van der Waals surface area contributed by atoms with E-state index < -0.39 is 128 Å². The molecule has 0 aromatic heterocycles. The number of hydrogen-bond donors (Lipinski definition) is 11. The van der Waals surface area contributed by atoms with Gasteiger partial charge >= 0.3 is 18.0 Å². The zero-order valence-electron chi connectivity index (χ0n) is 46.8. The number of carboxylic acids is 2. The summed E-state index contributed by atoms with van der Waals surface area (Å²) in [7, 11) is 3.02. The highest BCUT2D eigenvalue weighted by Crippen LogP contribution is 2.31. The summed E-state index contributed by atoms with van der Waals surface area (Å²) >= 11 is 0. The standard InChI is InChI=1S/C50H90N10O20/c1-6-17-72-21-23-75-25-26-76-24-22-73-18-11-14-60(16-20-74-19-15-59(5)50(71)80-44(37(65)30-62)42-32(2)34(56-48(51)52)27-38(78-42)46(67)68)13-10-8-7-9-12-58(4)40(66)31-77-43(36(64)29-61)45-41(55-33(3)63)35(57-49(53)54)28-39(79-45)47(69)70/h27-28,32,34-37,41-45,61-62,64-65H,6-26,29-31H2,1-5H3,(H,55,63)(H,67,68)(H,69,70)(H4,51,52,56)(H4,53,54,57)/t32-,34+,35+,36-,37-,41-,42-,43-,44-,45-/m1/s1.